The van der Waals surface area contributed by atoms with Crippen molar-refractivity contribution in [2.45, 2.75) is 57.7 Å². The van der Waals surface area contributed by atoms with Crippen LogP contribution in [-0.2, 0) is 0 Å². The van der Waals surface area contributed by atoms with Gasteiger partial charge < -0.3 is 19.7 Å². The Morgan fingerprint density at radius 2 is 1.68 bits per heavy atom. The van der Waals surface area contributed by atoms with E-state index in [1.807, 2.05) is 53.2 Å². The van der Waals surface area contributed by atoms with Crippen molar-refractivity contribution in [2.24, 2.45) is 0 Å². The molecule has 0 saturated carbocycles. The summed E-state index contributed by atoms with van der Waals surface area (Å²) in [6.07, 6.45) is 7.71. The summed E-state index contributed by atoms with van der Waals surface area (Å²) < 4.78 is 1.96. The average molecular weight is 457 g/mol. The molecule has 0 aliphatic carbocycles. The molecule has 34 heavy (non-hydrogen) atoms. The van der Waals surface area contributed by atoms with Gasteiger partial charge >= 0.3 is 0 Å². The topological polar surface area (TPSA) is 78.6 Å². The second-order valence-corrected chi connectivity index (χ2v) is 10.7. The van der Waals surface area contributed by atoms with Gasteiger partial charge in [0.15, 0.2) is 5.82 Å². The van der Waals surface area contributed by atoms with Gasteiger partial charge in [-0.2, -0.15) is 0 Å². The maximum Gasteiger partial charge on any atom is 0.151 e. The number of anilines is 1. The molecule has 3 aromatic heterocycles. The highest BCUT2D eigenvalue weighted by atomic mass is 16.3. The summed E-state index contributed by atoms with van der Waals surface area (Å²) in [6.45, 7) is 9.01. The molecule has 1 saturated heterocycles. The normalized spacial score (nSPS) is 17.7. The number of aromatic nitrogens is 4. The van der Waals surface area contributed by atoms with Crippen molar-refractivity contribution in [1.29, 1.82) is 0 Å². The fourth-order valence-electron chi connectivity index (χ4n) is 5.40. The van der Waals surface area contributed by atoms with E-state index in [0.717, 1.165) is 35.4 Å². The lowest BCUT2D eigenvalue weighted by atomic mass is 9.79. The van der Waals surface area contributed by atoms with Gasteiger partial charge in [0.05, 0.1) is 5.69 Å². The van der Waals surface area contributed by atoms with Crippen LogP contribution in [0.15, 0.2) is 61.1 Å². The van der Waals surface area contributed by atoms with E-state index in [2.05, 4.69) is 60.1 Å². The SMILES string of the molecule is CN(c1ccc(-c2ccc(-c3ccn4ccnc4c3)cc2O)nn1)C1CC(C)(C)NC(C)(C)C1. The highest BCUT2D eigenvalue weighted by Gasteiger charge is 2.39. The van der Waals surface area contributed by atoms with E-state index in [4.69, 9.17) is 0 Å². The number of fused-ring (bicyclic) bond motifs is 1. The van der Waals surface area contributed by atoms with Gasteiger partial charge in [-0.3, -0.25) is 0 Å². The molecule has 176 valence electrons. The smallest absolute Gasteiger partial charge is 0.151 e. The summed E-state index contributed by atoms with van der Waals surface area (Å²) in [5.41, 5.74) is 4.22. The second kappa shape index (κ2) is 8.09. The minimum absolute atomic E-state index is 0.0592. The third kappa shape index (κ3) is 4.35. The van der Waals surface area contributed by atoms with Gasteiger partial charge in [0.25, 0.3) is 0 Å². The molecular formula is C27H32N6O. The summed E-state index contributed by atoms with van der Waals surface area (Å²) in [5.74, 6) is 1.02. The molecule has 0 radical (unpaired) electrons. The predicted octanol–water partition coefficient (Wildman–Crippen LogP) is 4.91. The van der Waals surface area contributed by atoms with Crippen LogP contribution in [0, 0.1) is 0 Å². The molecule has 0 spiro atoms. The molecule has 5 rings (SSSR count). The van der Waals surface area contributed by atoms with Gasteiger partial charge in [0.1, 0.15) is 11.4 Å². The van der Waals surface area contributed by atoms with Crippen LogP contribution in [0.5, 0.6) is 5.75 Å². The molecular weight excluding hydrogens is 424 g/mol. The molecule has 0 bridgehead atoms. The number of hydrogen-bond acceptors (Lipinski definition) is 6. The number of piperidine rings is 1. The summed E-state index contributed by atoms with van der Waals surface area (Å²) in [5, 5.41) is 23.5. The summed E-state index contributed by atoms with van der Waals surface area (Å²) in [4.78, 5) is 6.57. The Hall–Kier alpha value is -3.45. The van der Waals surface area contributed by atoms with Crippen molar-refractivity contribution in [3.05, 3.63) is 61.1 Å². The van der Waals surface area contributed by atoms with Crippen LogP contribution in [0.3, 0.4) is 0 Å². The van der Waals surface area contributed by atoms with Crippen LogP contribution >= 0.6 is 0 Å². The van der Waals surface area contributed by atoms with Gasteiger partial charge in [0, 0.05) is 48.3 Å². The third-order valence-corrected chi connectivity index (χ3v) is 6.73. The number of benzene rings is 1. The summed E-state index contributed by atoms with van der Waals surface area (Å²) >= 11 is 0. The Labute approximate surface area is 200 Å². The number of phenols is 1. The van der Waals surface area contributed by atoms with Crippen molar-refractivity contribution in [1.82, 2.24) is 24.9 Å². The lowest BCUT2D eigenvalue weighted by Gasteiger charge is -2.49. The van der Waals surface area contributed by atoms with Crippen LogP contribution in [-0.4, -0.2) is 48.9 Å². The van der Waals surface area contributed by atoms with Crippen LogP contribution < -0.4 is 10.2 Å². The number of nitrogens with zero attached hydrogens (tertiary/aromatic N) is 5. The Morgan fingerprint density at radius 3 is 2.35 bits per heavy atom. The van der Waals surface area contributed by atoms with E-state index in [-0.39, 0.29) is 16.8 Å². The number of aromatic hydroxyl groups is 1. The molecule has 0 atom stereocenters. The first-order valence-electron chi connectivity index (χ1n) is 11.7. The Morgan fingerprint density at radius 1 is 0.941 bits per heavy atom. The minimum atomic E-state index is 0.0592. The Balaban J connectivity index is 1.37. The van der Waals surface area contributed by atoms with E-state index >= 15 is 0 Å². The van der Waals surface area contributed by atoms with E-state index in [1.54, 1.807) is 12.3 Å². The third-order valence-electron chi connectivity index (χ3n) is 6.73. The van der Waals surface area contributed by atoms with Gasteiger partial charge in [-0.1, -0.05) is 6.07 Å². The highest BCUT2D eigenvalue weighted by Crippen LogP contribution is 2.35. The fourth-order valence-corrected chi connectivity index (χ4v) is 5.40. The van der Waals surface area contributed by atoms with Crippen molar-refractivity contribution >= 4 is 11.5 Å². The molecule has 1 fully saturated rings. The number of rotatable bonds is 4. The Kier molecular flexibility index (Phi) is 5.32. The summed E-state index contributed by atoms with van der Waals surface area (Å²) in [6, 6.07) is 14.0. The molecule has 0 unspecified atom stereocenters. The number of nitrogens with one attached hydrogen (secondary N) is 1. The van der Waals surface area contributed by atoms with Crippen molar-refractivity contribution < 1.29 is 5.11 Å². The lowest BCUT2D eigenvalue weighted by molar-refractivity contribution is 0.160. The maximum absolute atomic E-state index is 10.8. The zero-order valence-electron chi connectivity index (χ0n) is 20.4. The van der Waals surface area contributed by atoms with Gasteiger partial charge in [-0.15, -0.1) is 10.2 Å². The molecule has 7 nitrogen and oxygen atoms in total. The molecule has 2 N–H and O–H groups in total. The van der Waals surface area contributed by atoms with Gasteiger partial charge in [-0.25, -0.2) is 4.98 Å². The predicted molar refractivity (Wildman–Crippen MR) is 136 cm³/mol. The number of phenolic OH excluding ortho intramolecular Hbond substituents is 1. The molecule has 1 aromatic carbocycles. The standard InChI is InChI=1S/C27H32N6O/c1-26(2)16-20(17-27(3,4)31-26)32(5)24-9-8-22(29-30-24)21-7-6-18(14-23(21)34)19-10-12-33-13-11-28-25(33)15-19/h6-15,20,31,34H,16-17H2,1-5H3. The number of imidazole rings is 1. The van der Waals surface area contributed by atoms with Crippen LogP contribution in [0.2, 0.25) is 0 Å². The first-order valence-corrected chi connectivity index (χ1v) is 11.7. The first kappa shape index (κ1) is 22.3. The molecule has 0 amide bonds. The van der Waals surface area contributed by atoms with Crippen molar-refractivity contribution in [2.75, 3.05) is 11.9 Å². The molecule has 7 heteroatoms. The maximum atomic E-state index is 10.8. The van der Waals surface area contributed by atoms with E-state index < -0.39 is 0 Å². The largest absolute Gasteiger partial charge is 0.507 e. The second-order valence-electron chi connectivity index (χ2n) is 10.7. The number of pyridine rings is 1. The molecule has 1 aliphatic rings. The lowest BCUT2D eigenvalue weighted by Crippen LogP contribution is -2.62. The monoisotopic (exact) mass is 456 g/mol. The van der Waals surface area contributed by atoms with Crippen LogP contribution in [0.4, 0.5) is 5.82 Å². The minimum Gasteiger partial charge on any atom is -0.507 e. The van der Waals surface area contributed by atoms with Crippen LogP contribution in [0.25, 0.3) is 28.0 Å². The quantitative estimate of drug-likeness (QED) is 0.454. The Bertz CT molecular complexity index is 1310. The van der Waals surface area contributed by atoms with E-state index in [0.29, 0.717) is 17.3 Å². The van der Waals surface area contributed by atoms with Gasteiger partial charge in [-0.05, 0) is 88.1 Å². The van der Waals surface area contributed by atoms with E-state index in [9.17, 15) is 5.11 Å². The average Bonchev–Trinajstić information content (AvgIpc) is 3.24. The fraction of sp³-hybridized carbons (Fsp3) is 0.370. The highest BCUT2D eigenvalue weighted by molar-refractivity contribution is 5.75. The zero-order chi connectivity index (χ0) is 24.1. The van der Waals surface area contributed by atoms with Crippen molar-refractivity contribution in [3.8, 4) is 28.1 Å². The van der Waals surface area contributed by atoms with E-state index in [1.165, 1.54) is 0 Å². The summed E-state index contributed by atoms with van der Waals surface area (Å²) in [7, 11) is 2.09. The van der Waals surface area contributed by atoms with Crippen molar-refractivity contribution in [3.63, 3.8) is 0 Å². The first-order chi connectivity index (χ1) is 16.1. The van der Waals surface area contributed by atoms with Gasteiger partial charge in [0.2, 0.25) is 0 Å². The molecule has 4 heterocycles. The zero-order valence-corrected chi connectivity index (χ0v) is 20.4. The number of hydrogen-bond donors (Lipinski definition) is 2. The molecule has 4 aromatic rings. The van der Waals surface area contributed by atoms with Crippen LogP contribution in [0.1, 0.15) is 40.5 Å². The molecule has 1 aliphatic heterocycles.